The molecule has 1 amide bonds. The number of rotatable bonds is 6. The normalized spacial score (nSPS) is 12.9. The summed E-state index contributed by atoms with van der Waals surface area (Å²) < 4.78 is 10.8. The van der Waals surface area contributed by atoms with Crippen LogP contribution in [-0.2, 0) is 19.1 Å². The molecule has 0 aliphatic rings. The summed E-state index contributed by atoms with van der Waals surface area (Å²) in [5.41, 5.74) is 0.367. The van der Waals surface area contributed by atoms with Gasteiger partial charge in [0.2, 0.25) is 0 Å². The van der Waals surface area contributed by atoms with Gasteiger partial charge in [0, 0.05) is 14.5 Å². The van der Waals surface area contributed by atoms with Gasteiger partial charge in [0.1, 0.15) is 6.04 Å². The van der Waals surface area contributed by atoms with E-state index in [0.29, 0.717) is 5.56 Å². The monoisotopic (exact) mass is 449 g/mol. The molecule has 8 heteroatoms. The van der Waals surface area contributed by atoms with E-state index < -0.39 is 29.8 Å². The van der Waals surface area contributed by atoms with Crippen molar-refractivity contribution in [2.24, 2.45) is 5.92 Å². The maximum Gasteiger partial charge on any atom is 0.328 e. The molecular weight excluding hydrogens is 434 g/mol. The molecule has 0 fully saturated rings. The van der Waals surface area contributed by atoms with E-state index in [1.165, 1.54) is 14.2 Å². The van der Waals surface area contributed by atoms with Crippen molar-refractivity contribution in [3.05, 3.63) is 32.7 Å². The molecule has 0 saturated heterocycles. The molecule has 6 nitrogen and oxygen atoms in total. The molecule has 0 heterocycles. The third-order valence-corrected chi connectivity index (χ3v) is 4.02. The van der Waals surface area contributed by atoms with Crippen LogP contribution in [0.1, 0.15) is 23.7 Å². The first-order chi connectivity index (χ1) is 10.8. The molecule has 0 aromatic heterocycles. The van der Waals surface area contributed by atoms with Crippen LogP contribution in [0.5, 0.6) is 0 Å². The Balaban J connectivity index is 2.90. The fraction of sp³-hybridized carbons (Fsp3) is 0.400. The summed E-state index contributed by atoms with van der Waals surface area (Å²) in [7, 11) is 2.49. The van der Waals surface area contributed by atoms with Crippen molar-refractivity contribution in [3.8, 4) is 0 Å². The molecule has 0 spiro atoms. The first kappa shape index (κ1) is 19.6. The van der Waals surface area contributed by atoms with Gasteiger partial charge in [-0.3, -0.25) is 9.59 Å². The largest absolute Gasteiger partial charge is 0.469 e. The van der Waals surface area contributed by atoms with Crippen LogP contribution in [0.25, 0.3) is 0 Å². The summed E-state index contributed by atoms with van der Waals surface area (Å²) in [6.45, 7) is 1.61. The Bertz CT molecular complexity index is 585. The highest BCUT2D eigenvalue weighted by atomic mass is 79.9. The average Bonchev–Trinajstić information content (AvgIpc) is 2.51. The zero-order chi connectivity index (χ0) is 17.6. The van der Waals surface area contributed by atoms with Gasteiger partial charge < -0.3 is 14.8 Å². The van der Waals surface area contributed by atoms with Crippen LogP contribution in [0.2, 0.25) is 0 Å². The van der Waals surface area contributed by atoms with E-state index in [-0.39, 0.29) is 6.42 Å². The quantitative estimate of drug-likeness (QED) is 0.673. The predicted molar refractivity (Wildman–Crippen MR) is 90.9 cm³/mol. The molecule has 1 N–H and O–H groups in total. The van der Waals surface area contributed by atoms with Crippen LogP contribution in [0.3, 0.4) is 0 Å². The molecule has 1 aromatic carbocycles. The Morgan fingerprint density at radius 3 is 2.04 bits per heavy atom. The van der Waals surface area contributed by atoms with Gasteiger partial charge in [0.25, 0.3) is 5.91 Å². The van der Waals surface area contributed by atoms with Crippen LogP contribution in [-0.4, -0.2) is 38.1 Å². The standard InChI is InChI=1S/C15H17Br2NO5/c1-8(14(20)22-2)4-12(15(21)23-3)18-13(19)9-5-10(16)7-11(17)6-9/h5-8,12H,4H2,1-3H3,(H,18,19)/t8-,12-/m0/s1. The van der Waals surface area contributed by atoms with Crippen molar-refractivity contribution in [3.63, 3.8) is 0 Å². The third kappa shape index (κ3) is 5.95. The summed E-state index contributed by atoms with van der Waals surface area (Å²) in [6.07, 6.45) is 0.0836. The topological polar surface area (TPSA) is 81.7 Å². The Kier molecular flexibility index (Phi) is 7.70. The Hall–Kier alpha value is -1.41. The molecule has 0 aliphatic carbocycles. The van der Waals surface area contributed by atoms with E-state index in [2.05, 4.69) is 46.7 Å². The molecule has 2 atom stereocenters. The molecule has 0 aliphatic heterocycles. The summed E-state index contributed by atoms with van der Waals surface area (Å²) in [6, 6.07) is 4.09. The van der Waals surface area contributed by atoms with Gasteiger partial charge in [-0.2, -0.15) is 0 Å². The number of ether oxygens (including phenoxy) is 2. The molecule has 126 valence electrons. The summed E-state index contributed by atoms with van der Waals surface area (Å²) >= 11 is 6.59. The van der Waals surface area contributed by atoms with E-state index in [0.717, 1.165) is 8.95 Å². The number of benzene rings is 1. The van der Waals surface area contributed by atoms with Crippen LogP contribution < -0.4 is 5.32 Å². The minimum atomic E-state index is -0.945. The van der Waals surface area contributed by atoms with Crippen molar-refractivity contribution in [1.29, 1.82) is 0 Å². The van der Waals surface area contributed by atoms with Gasteiger partial charge in [-0.25, -0.2) is 4.79 Å². The fourth-order valence-corrected chi connectivity index (χ4v) is 3.23. The average molecular weight is 451 g/mol. The van der Waals surface area contributed by atoms with E-state index in [1.807, 2.05) is 0 Å². The lowest BCUT2D eigenvalue weighted by molar-refractivity contribution is -0.147. The highest BCUT2D eigenvalue weighted by molar-refractivity contribution is 9.11. The summed E-state index contributed by atoms with van der Waals surface area (Å²) in [4.78, 5) is 35.7. The van der Waals surface area contributed by atoms with Crippen molar-refractivity contribution in [2.75, 3.05) is 14.2 Å². The van der Waals surface area contributed by atoms with E-state index in [4.69, 9.17) is 0 Å². The van der Waals surface area contributed by atoms with Gasteiger partial charge in [-0.1, -0.05) is 38.8 Å². The smallest absolute Gasteiger partial charge is 0.328 e. The van der Waals surface area contributed by atoms with Gasteiger partial charge in [0.05, 0.1) is 20.1 Å². The van der Waals surface area contributed by atoms with Crippen molar-refractivity contribution < 1.29 is 23.9 Å². The zero-order valence-corrected chi connectivity index (χ0v) is 16.1. The number of hydrogen-bond acceptors (Lipinski definition) is 5. The highest BCUT2D eigenvalue weighted by Gasteiger charge is 2.27. The summed E-state index contributed by atoms with van der Waals surface area (Å²) in [5, 5.41) is 2.59. The lowest BCUT2D eigenvalue weighted by Crippen LogP contribution is -2.43. The molecule has 0 saturated carbocycles. The van der Waals surface area contributed by atoms with Crippen molar-refractivity contribution >= 4 is 49.7 Å². The van der Waals surface area contributed by atoms with Crippen LogP contribution in [0.4, 0.5) is 0 Å². The van der Waals surface area contributed by atoms with Gasteiger partial charge >= 0.3 is 11.9 Å². The molecule has 1 aromatic rings. The Morgan fingerprint density at radius 1 is 1.04 bits per heavy atom. The molecule has 1 rings (SSSR count). The number of carbonyl (C=O) groups excluding carboxylic acids is 3. The number of nitrogens with one attached hydrogen (secondary N) is 1. The summed E-state index contributed by atoms with van der Waals surface area (Å²) in [5.74, 6) is -2.08. The molecule has 0 unspecified atom stereocenters. The van der Waals surface area contributed by atoms with Gasteiger partial charge in [-0.05, 0) is 24.6 Å². The second kappa shape index (κ2) is 9.02. The molecule has 0 radical (unpaired) electrons. The number of carbonyl (C=O) groups is 3. The van der Waals surface area contributed by atoms with Crippen LogP contribution in [0.15, 0.2) is 27.1 Å². The minimum absolute atomic E-state index is 0.0836. The molecule has 23 heavy (non-hydrogen) atoms. The number of esters is 2. The number of methoxy groups -OCH3 is 2. The maximum atomic E-state index is 12.3. The zero-order valence-electron chi connectivity index (χ0n) is 12.9. The van der Waals surface area contributed by atoms with Crippen molar-refractivity contribution in [2.45, 2.75) is 19.4 Å². The number of hydrogen-bond donors (Lipinski definition) is 1. The van der Waals surface area contributed by atoms with E-state index in [9.17, 15) is 14.4 Å². The minimum Gasteiger partial charge on any atom is -0.469 e. The number of halogens is 2. The van der Waals surface area contributed by atoms with Crippen molar-refractivity contribution in [1.82, 2.24) is 5.32 Å². The Morgan fingerprint density at radius 2 is 1.57 bits per heavy atom. The first-order valence-electron chi connectivity index (χ1n) is 6.71. The number of amides is 1. The lowest BCUT2D eigenvalue weighted by atomic mass is 10.0. The second-order valence-corrected chi connectivity index (χ2v) is 6.70. The van der Waals surface area contributed by atoms with Gasteiger partial charge in [-0.15, -0.1) is 0 Å². The lowest BCUT2D eigenvalue weighted by Gasteiger charge is -2.19. The van der Waals surface area contributed by atoms with Crippen LogP contribution in [0, 0.1) is 5.92 Å². The second-order valence-electron chi connectivity index (χ2n) is 4.87. The maximum absolute atomic E-state index is 12.3. The SMILES string of the molecule is COC(=O)[C@H](C[C@H](C)C(=O)OC)NC(=O)c1cc(Br)cc(Br)c1. The highest BCUT2D eigenvalue weighted by Crippen LogP contribution is 2.20. The van der Waals surface area contributed by atoms with E-state index in [1.54, 1.807) is 25.1 Å². The predicted octanol–water partition coefficient (Wildman–Crippen LogP) is 2.68. The third-order valence-electron chi connectivity index (χ3n) is 3.11. The van der Waals surface area contributed by atoms with E-state index >= 15 is 0 Å². The van der Waals surface area contributed by atoms with Gasteiger partial charge in [0.15, 0.2) is 0 Å². The molecule has 0 bridgehead atoms. The first-order valence-corrected chi connectivity index (χ1v) is 8.29. The Labute approximate surface area is 151 Å². The van der Waals surface area contributed by atoms with Crippen LogP contribution >= 0.6 is 31.9 Å². The molecular formula is C15H17Br2NO5. The fourth-order valence-electron chi connectivity index (χ4n) is 1.93.